The van der Waals surface area contributed by atoms with E-state index in [1.165, 1.54) is 71.0 Å². The van der Waals surface area contributed by atoms with E-state index >= 15 is 0 Å². The Bertz CT molecular complexity index is 2980. The van der Waals surface area contributed by atoms with Crippen LogP contribution in [0, 0.1) is 13.8 Å². The number of aryl methyl sites for hydroxylation is 2. The molecule has 3 nitrogen and oxygen atoms in total. The Morgan fingerprint density at radius 2 is 1.04 bits per heavy atom. The first-order valence-corrected chi connectivity index (χ1v) is 20.0. The Morgan fingerprint density at radius 1 is 0.482 bits per heavy atom. The molecule has 0 radical (unpaired) electrons. The number of nitrogens with two attached hydrogens (primary N) is 1. The minimum Gasteiger partial charge on any atom is -0.399 e. The number of hydrogen-bond donors (Lipinski definition) is 1. The van der Waals surface area contributed by atoms with E-state index in [1.807, 2.05) is 23.9 Å². The predicted molar refractivity (Wildman–Crippen MR) is 233 cm³/mol. The molecule has 1 aliphatic heterocycles. The van der Waals surface area contributed by atoms with Crippen molar-refractivity contribution in [3.63, 3.8) is 0 Å². The molecule has 0 bridgehead atoms. The number of nitrogens with zero attached hydrogens (tertiary/aromatic N) is 2. The van der Waals surface area contributed by atoms with Gasteiger partial charge in [0.15, 0.2) is 0 Å². The average Bonchev–Trinajstić information content (AvgIpc) is 3.77. The summed E-state index contributed by atoms with van der Waals surface area (Å²) in [6.07, 6.45) is 0. The zero-order valence-corrected chi connectivity index (χ0v) is 31.9. The highest BCUT2D eigenvalue weighted by Gasteiger charge is 2.50. The number of nitrogen functional groups attached to an aromatic ring is 1. The second-order valence-electron chi connectivity index (χ2n) is 15.1. The van der Waals surface area contributed by atoms with Crippen LogP contribution >= 0.6 is 11.8 Å². The normalized spacial score (nSPS) is 13.3. The Kier molecular flexibility index (Phi) is 7.29. The van der Waals surface area contributed by atoms with Crippen LogP contribution in [0.4, 0.5) is 5.69 Å². The summed E-state index contributed by atoms with van der Waals surface area (Å²) in [6, 6.07) is 64.2. The quantitative estimate of drug-likeness (QED) is 0.183. The van der Waals surface area contributed by atoms with E-state index in [9.17, 15) is 0 Å². The highest BCUT2D eigenvalue weighted by Crippen LogP contribution is 2.63. The summed E-state index contributed by atoms with van der Waals surface area (Å²) in [7, 11) is 0. The van der Waals surface area contributed by atoms with Gasteiger partial charge in [0.05, 0.1) is 16.4 Å². The van der Waals surface area contributed by atoms with Crippen molar-refractivity contribution in [2.45, 2.75) is 29.1 Å². The van der Waals surface area contributed by atoms with Crippen LogP contribution in [0.5, 0.6) is 0 Å². The molecule has 266 valence electrons. The van der Waals surface area contributed by atoms with Crippen LogP contribution in [-0.4, -0.2) is 9.55 Å². The predicted octanol–water partition coefficient (Wildman–Crippen LogP) is 13.1. The fourth-order valence-electron chi connectivity index (χ4n) is 9.34. The Hall–Kier alpha value is -6.62. The highest BCUT2D eigenvalue weighted by molar-refractivity contribution is 7.99. The second kappa shape index (κ2) is 12.5. The molecule has 11 rings (SSSR count). The van der Waals surface area contributed by atoms with Crippen LogP contribution in [0.25, 0.3) is 61.5 Å². The fourth-order valence-corrected chi connectivity index (χ4v) is 10.5. The van der Waals surface area contributed by atoms with Crippen LogP contribution in [-0.2, 0) is 5.41 Å². The lowest BCUT2D eigenvalue weighted by Gasteiger charge is -2.40. The molecule has 9 aromatic rings. The van der Waals surface area contributed by atoms with Crippen molar-refractivity contribution in [3.05, 3.63) is 209 Å². The topological polar surface area (TPSA) is 43.8 Å². The summed E-state index contributed by atoms with van der Waals surface area (Å²) in [5, 5.41) is 0. The molecule has 0 unspecified atom stereocenters. The van der Waals surface area contributed by atoms with E-state index in [0.717, 1.165) is 39.4 Å². The summed E-state index contributed by atoms with van der Waals surface area (Å²) in [5.74, 6) is 0.957. The third-order valence-electron chi connectivity index (χ3n) is 11.9. The molecule has 0 fully saturated rings. The lowest BCUT2D eigenvalue weighted by molar-refractivity contribution is 0.723. The molecule has 0 atom stereocenters. The third-order valence-corrected chi connectivity index (χ3v) is 13.0. The molecular formula is C52H37N3S. The molecule has 2 heterocycles. The summed E-state index contributed by atoms with van der Waals surface area (Å²) in [5.41, 5.74) is 25.8. The summed E-state index contributed by atoms with van der Waals surface area (Å²) in [6.45, 7) is 4.47. The van der Waals surface area contributed by atoms with E-state index in [4.69, 9.17) is 10.7 Å². The van der Waals surface area contributed by atoms with Gasteiger partial charge in [0.2, 0.25) is 0 Å². The van der Waals surface area contributed by atoms with E-state index in [-0.39, 0.29) is 0 Å². The zero-order chi connectivity index (χ0) is 37.5. The molecular weight excluding hydrogens is 699 g/mol. The maximum Gasteiger partial charge on any atom is 0.146 e. The second-order valence-corrected chi connectivity index (χ2v) is 16.1. The molecule has 0 saturated carbocycles. The number of hydrogen-bond acceptors (Lipinski definition) is 3. The number of benzene rings is 8. The standard InChI is InChI=1S/C52H37N3S/c1-32-29-42(51-54-47-18-10-11-19-48(47)55(51)38-12-4-3-5-13-38)33(2)28-41(32)36-23-27-50-46(31-36)52(43-16-8-6-14-39(43)40-15-7-9-17-44(40)52)45-30-35(22-26-49(45)56-50)34-20-24-37(53)25-21-34/h3-31H,53H2,1-2H3. The van der Waals surface area contributed by atoms with Gasteiger partial charge >= 0.3 is 0 Å². The maximum atomic E-state index is 6.13. The monoisotopic (exact) mass is 735 g/mol. The van der Waals surface area contributed by atoms with Gasteiger partial charge in [0.25, 0.3) is 0 Å². The summed E-state index contributed by atoms with van der Waals surface area (Å²) < 4.78 is 2.29. The highest BCUT2D eigenvalue weighted by atomic mass is 32.2. The number of aromatic nitrogens is 2. The van der Waals surface area contributed by atoms with Gasteiger partial charge in [0.1, 0.15) is 5.82 Å². The number of imidazole rings is 1. The van der Waals surface area contributed by atoms with E-state index < -0.39 is 5.41 Å². The molecule has 56 heavy (non-hydrogen) atoms. The van der Waals surface area contributed by atoms with Crippen LogP contribution in [0.3, 0.4) is 0 Å². The molecule has 1 aliphatic carbocycles. The SMILES string of the molecule is Cc1cc(-c2nc3ccccc3n2-c2ccccc2)c(C)cc1-c1ccc2c(c1)C1(c3cc(-c4ccc(N)cc4)ccc3S2)c2ccccc2-c2ccccc21. The molecule has 8 aromatic carbocycles. The minimum absolute atomic E-state index is 0.494. The van der Waals surface area contributed by atoms with E-state index in [2.05, 4.69) is 182 Å². The Labute approximate surface area is 331 Å². The smallest absolute Gasteiger partial charge is 0.146 e. The van der Waals surface area contributed by atoms with Crippen molar-refractivity contribution >= 4 is 28.5 Å². The van der Waals surface area contributed by atoms with E-state index in [0.29, 0.717) is 0 Å². The van der Waals surface area contributed by atoms with Crippen molar-refractivity contribution in [2.75, 3.05) is 5.73 Å². The maximum absolute atomic E-state index is 6.13. The first-order chi connectivity index (χ1) is 27.5. The van der Waals surface area contributed by atoms with Gasteiger partial charge in [-0.25, -0.2) is 4.98 Å². The summed E-state index contributed by atoms with van der Waals surface area (Å²) >= 11 is 1.88. The first-order valence-electron chi connectivity index (χ1n) is 19.2. The number of rotatable bonds is 4. The van der Waals surface area contributed by atoms with Crippen LogP contribution in [0.1, 0.15) is 33.4 Å². The molecule has 2 N–H and O–H groups in total. The molecule has 2 aliphatic rings. The zero-order valence-electron chi connectivity index (χ0n) is 31.1. The molecule has 4 heteroatoms. The largest absolute Gasteiger partial charge is 0.399 e. The number of anilines is 1. The Balaban J connectivity index is 1.12. The van der Waals surface area contributed by atoms with Crippen LogP contribution in [0.15, 0.2) is 186 Å². The van der Waals surface area contributed by atoms with Crippen LogP contribution in [0.2, 0.25) is 0 Å². The first kappa shape index (κ1) is 32.8. The lowest BCUT2D eigenvalue weighted by Crippen LogP contribution is -2.32. The number of para-hydroxylation sites is 3. The van der Waals surface area contributed by atoms with Gasteiger partial charge in [-0.2, -0.15) is 0 Å². The molecule has 1 aromatic heterocycles. The molecule has 1 spiro atoms. The third kappa shape index (κ3) is 4.76. The van der Waals surface area contributed by atoms with Gasteiger partial charge in [-0.1, -0.05) is 121 Å². The summed E-state index contributed by atoms with van der Waals surface area (Å²) in [4.78, 5) is 7.79. The number of fused-ring (bicyclic) bond motifs is 10. The van der Waals surface area contributed by atoms with Gasteiger partial charge in [-0.15, -0.1) is 0 Å². The van der Waals surface area contributed by atoms with Crippen molar-refractivity contribution in [3.8, 4) is 50.5 Å². The Morgan fingerprint density at radius 3 is 1.75 bits per heavy atom. The van der Waals surface area contributed by atoms with Crippen LogP contribution < -0.4 is 5.73 Å². The average molecular weight is 736 g/mol. The van der Waals surface area contributed by atoms with Gasteiger partial charge in [-0.05, 0) is 147 Å². The van der Waals surface area contributed by atoms with Gasteiger partial charge < -0.3 is 5.73 Å². The van der Waals surface area contributed by atoms with Gasteiger partial charge in [0, 0.05) is 26.7 Å². The van der Waals surface area contributed by atoms with Gasteiger partial charge in [-0.3, -0.25) is 4.57 Å². The molecule has 0 amide bonds. The van der Waals surface area contributed by atoms with Crippen molar-refractivity contribution in [1.29, 1.82) is 0 Å². The van der Waals surface area contributed by atoms with Crippen molar-refractivity contribution < 1.29 is 0 Å². The fraction of sp³-hybridized carbons (Fsp3) is 0.0577. The lowest BCUT2D eigenvalue weighted by atomic mass is 9.66. The van der Waals surface area contributed by atoms with Crippen molar-refractivity contribution in [2.24, 2.45) is 0 Å². The van der Waals surface area contributed by atoms with E-state index in [1.54, 1.807) is 0 Å². The van der Waals surface area contributed by atoms with Crippen molar-refractivity contribution in [1.82, 2.24) is 9.55 Å². The minimum atomic E-state index is -0.494. The molecule has 0 saturated heterocycles.